The van der Waals surface area contributed by atoms with E-state index in [2.05, 4.69) is 0 Å². The lowest BCUT2D eigenvalue weighted by Gasteiger charge is -2.06. The molecule has 0 radical (unpaired) electrons. The number of ether oxygens (including phenoxy) is 2. The minimum Gasteiger partial charge on any atom is -0.489 e. The third-order valence-electron chi connectivity index (χ3n) is 3.52. The van der Waals surface area contributed by atoms with Crippen molar-refractivity contribution in [2.24, 2.45) is 0 Å². The fourth-order valence-corrected chi connectivity index (χ4v) is 2.42. The molecule has 0 saturated heterocycles. The molecule has 24 heavy (non-hydrogen) atoms. The van der Waals surface area contributed by atoms with Gasteiger partial charge in [0.25, 0.3) is 0 Å². The molecule has 3 aromatic rings. The van der Waals surface area contributed by atoms with Crippen molar-refractivity contribution in [3.05, 3.63) is 65.4 Å². The first-order valence-electron chi connectivity index (χ1n) is 7.58. The molecule has 0 amide bonds. The Bertz CT molecular complexity index is 864. The molecule has 1 heterocycles. The van der Waals surface area contributed by atoms with Gasteiger partial charge in [0.15, 0.2) is 12.0 Å². The number of fused-ring (bicyclic) bond motifs is 1. The third kappa shape index (κ3) is 3.15. The quantitative estimate of drug-likeness (QED) is 0.506. The SMILES string of the molecule is CCOC(=O)c1c(C=O)oc2ccc(OCc3ccccc3)cc12. The highest BCUT2D eigenvalue weighted by Crippen LogP contribution is 2.29. The monoisotopic (exact) mass is 324 g/mol. The van der Waals surface area contributed by atoms with Gasteiger partial charge in [-0.2, -0.15) is 0 Å². The minimum absolute atomic E-state index is 0.0383. The Morgan fingerprint density at radius 1 is 1.17 bits per heavy atom. The Balaban J connectivity index is 1.92. The van der Waals surface area contributed by atoms with Gasteiger partial charge in [-0.3, -0.25) is 4.79 Å². The lowest BCUT2D eigenvalue weighted by atomic mass is 10.1. The van der Waals surface area contributed by atoms with Gasteiger partial charge in [0.2, 0.25) is 0 Å². The van der Waals surface area contributed by atoms with Crippen LogP contribution >= 0.6 is 0 Å². The second-order valence-corrected chi connectivity index (χ2v) is 5.11. The summed E-state index contributed by atoms with van der Waals surface area (Å²) in [7, 11) is 0. The van der Waals surface area contributed by atoms with Crippen LogP contribution in [0.15, 0.2) is 52.9 Å². The molecule has 0 aliphatic heterocycles. The fourth-order valence-electron chi connectivity index (χ4n) is 2.42. The lowest BCUT2D eigenvalue weighted by molar-refractivity contribution is 0.0525. The highest BCUT2D eigenvalue weighted by Gasteiger charge is 2.22. The molecule has 122 valence electrons. The number of hydrogen-bond donors (Lipinski definition) is 0. The van der Waals surface area contributed by atoms with Crippen LogP contribution in [0, 0.1) is 0 Å². The van der Waals surface area contributed by atoms with Crippen molar-refractivity contribution in [3.8, 4) is 5.75 Å². The largest absolute Gasteiger partial charge is 0.489 e. The van der Waals surface area contributed by atoms with Gasteiger partial charge in [-0.05, 0) is 30.7 Å². The van der Waals surface area contributed by atoms with Crippen molar-refractivity contribution in [2.45, 2.75) is 13.5 Å². The van der Waals surface area contributed by atoms with Crippen molar-refractivity contribution in [2.75, 3.05) is 6.61 Å². The molecule has 0 N–H and O–H groups in total. The smallest absolute Gasteiger partial charge is 0.342 e. The first-order chi connectivity index (χ1) is 11.7. The zero-order valence-corrected chi connectivity index (χ0v) is 13.2. The molecule has 0 aliphatic rings. The van der Waals surface area contributed by atoms with Crippen molar-refractivity contribution in [3.63, 3.8) is 0 Å². The maximum Gasteiger partial charge on any atom is 0.342 e. The summed E-state index contributed by atoms with van der Waals surface area (Å²) in [5, 5.41) is 0.501. The molecule has 0 spiro atoms. The Hall–Kier alpha value is -3.08. The van der Waals surface area contributed by atoms with E-state index in [1.165, 1.54) is 0 Å². The highest BCUT2D eigenvalue weighted by molar-refractivity contribution is 6.09. The summed E-state index contributed by atoms with van der Waals surface area (Å²) in [6, 6.07) is 14.8. The summed E-state index contributed by atoms with van der Waals surface area (Å²) in [6.07, 6.45) is 0.511. The van der Waals surface area contributed by atoms with E-state index in [0.717, 1.165) is 5.56 Å². The van der Waals surface area contributed by atoms with Gasteiger partial charge in [-0.15, -0.1) is 0 Å². The van der Waals surface area contributed by atoms with Crippen LogP contribution < -0.4 is 4.74 Å². The first kappa shape index (κ1) is 15.8. The normalized spacial score (nSPS) is 10.5. The average Bonchev–Trinajstić information content (AvgIpc) is 2.99. The van der Waals surface area contributed by atoms with Gasteiger partial charge in [-0.1, -0.05) is 30.3 Å². The molecule has 0 saturated carbocycles. The van der Waals surface area contributed by atoms with Crippen LogP contribution in [-0.4, -0.2) is 18.9 Å². The molecular weight excluding hydrogens is 308 g/mol. The van der Waals surface area contributed by atoms with Crippen LogP contribution in [0.25, 0.3) is 11.0 Å². The summed E-state index contributed by atoms with van der Waals surface area (Å²) in [6.45, 7) is 2.32. The predicted molar refractivity (Wildman–Crippen MR) is 88.3 cm³/mol. The van der Waals surface area contributed by atoms with E-state index in [-0.39, 0.29) is 17.9 Å². The molecule has 0 bridgehead atoms. The number of furan rings is 1. The number of rotatable bonds is 6. The Labute approximate surface area is 138 Å². The van der Waals surface area contributed by atoms with Crippen LogP contribution in [0.3, 0.4) is 0 Å². The standard InChI is InChI=1S/C19H16O5/c1-2-22-19(21)18-15-10-14(8-9-16(15)24-17(18)11-20)23-12-13-6-4-3-5-7-13/h3-11H,2,12H2,1H3. The zero-order chi connectivity index (χ0) is 16.9. The number of carbonyl (C=O) groups is 2. The topological polar surface area (TPSA) is 65.7 Å². The highest BCUT2D eigenvalue weighted by atomic mass is 16.5. The zero-order valence-electron chi connectivity index (χ0n) is 13.2. The van der Waals surface area contributed by atoms with Gasteiger partial charge in [0, 0.05) is 5.39 Å². The maximum atomic E-state index is 12.1. The van der Waals surface area contributed by atoms with Crippen molar-refractivity contribution in [1.82, 2.24) is 0 Å². The molecule has 0 unspecified atom stereocenters. The fraction of sp³-hybridized carbons (Fsp3) is 0.158. The Morgan fingerprint density at radius 2 is 1.96 bits per heavy atom. The molecule has 1 aromatic heterocycles. The summed E-state index contributed by atoms with van der Waals surface area (Å²) in [5.41, 5.74) is 1.60. The van der Waals surface area contributed by atoms with E-state index in [9.17, 15) is 9.59 Å². The third-order valence-corrected chi connectivity index (χ3v) is 3.52. The van der Waals surface area contributed by atoms with Crippen LogP contribution in [0.5, 0.6) is 5.75 Å². The summed E-state index contributed by atoms with van der Waals surface area (Å²) >= 11 is 0. The van der Waals surface area contributed by atoms with E-state index >= 15 is 0 Å². The van der Waals surface area contributed by atoms with E-state index in [4.69, 9.17) is 13.9 Å². The van der Waals surface area contributed by atoms with E-state index in [1.807, 2.05) is 30.3 Å². The van der Waals surface area contributed by atoms with Crippen LogP contribution in [0.1, 0.15) is 33.4 Å². The molecule has 0 aliphatic carbocycles. The lowest BCUT2D eigenvalue weighted by Crippen LogP contribution is -2.06. The van der Waals surface area contributed by atoms with Gasteiger partial charge in [0.1, 0.15) is 23.5 Å². The van der Waals surface area contributed by atoms with Crippen LogP contribution in [0.4, 0.5) is 0 Å². The van der Waals surface area contributed by atoms with Gasteiger partial charge >= 0.3 is 5.97 Å². The Morgan fingerprint density at radius 3 is 2.67 bits per heavy atom. The van der Waals surface area contributed by atoms with Crippen molar-refractivity contribution in [1.29, 1.82) is 0 Å². The van der Waals surface area contributed by atoms with E-state index in [0.29, 0.717) is 29.6 Å². The predicted octanol–water partition coefficient (Wildman–Crippen LogP) is 4.00. The summed E-state index contributed by atoms with van der Waals surface area (Å²) in [4.78, 5) is 23.3. The van der Waals surface area contributed by atoms with Gasteiger partial charge < -0.3 is 13.9 Å². The maximum absolute atomic E-state index is 12.1. The van der Waals surface area contributed by atoms with E-state index < -0.39 is 5.97 Å². The second-order valence-electron chi connectivity index (χ2n) is 5.11. The second kappa shape index (κ2) is 7.00. The van der Waals surface area contributed by atoms with Gasteiger partial charge in [-0.25, -0.2) is 4.79 Å². The molecule has 5 nitrogen and oxygen atoms in total. The average molecular weight is 324 g/mol. The van der Waals surface area contributed by atoms with Crippen molar-refractivity contribution < 1.29 is 23.5 Å². The summed E-state index contributed by atoms with van der Waals surface area (Å²) < 4.78 is 16.2. The molecule has 2 aromatic carbocycles. The number of aldehydes is 1. The summed E-state index contributed by atoms with van der Waals surface area (Å²) in [5.74, 6) is -0.0441. The molecule has 0 atom stereocenters. The van der Waals surface area contributed by atoms with Crippen molar-refractivity contribution >= 4 is 23.2 Å². The number of esters is 1. The molecule has 3 rings (SSSR count). The molecule has 5 heteroatoms. The Kier molecular flexibility index (Phi) is 4.61. The van der Waals surface area contributed by atoms with Crippen LogP contribution in [-0.2, 0) is 11.3 Å². The molecular formula is C19H16O5. The first-order valence-corrected chi connectivity index (χ1v) is 7.58. The molecule has 0 fully saturated rings. The van der Waals surface area contributed by atoms with E-state index in [1.54, 1.807) is 25.1 Å². The van der Waals surface area contributed by atoms with Gasteiger partial charge in [0.05, 0.1) is 6.61 Å². The number of benzene rings is 2. The number of hydrogen-bond acceptors (Lipinski definition) is 5. The number of carbonyl (C=O) groups excluding carboxylic acids is 2. The minimum atomic E-state index is -0.585. The van der Waals surface area contributed by atoms with Crippen LogP contribution in [0.2, 0.25) is 0 Å².